The van der Waals surface area contributed by atoms with Crippen molar-refractivity contribution in [3.63, 3.8) is 0 Å². The van der Waals surface area contributed by atoms with Crippen LogP contribution < -0.4 is 21.1 Å². The number of hydrogen-bond donors (Lipinski definition) is 4. The monoisotopic (exact) mass is 479 g/mol. The fourth-order valence-electron chi connectivity index (χ4n) is 2.83. The molecule has 0 fully saturated rings. The average molecular weight is 480 g/mol. The fraction of sp³-hybridized carbons (Fsp3) is 0.478. The Bertz CT molecular complexity index is 883. The molecule has 0 radical (unpaired) electrons. The zero-order valence-electron chi connectivity index (χ0n) is 19.6. The predicted octanol–water partition coefficient (Wildman–Crippen LogP) is 1.16. The second-order valence-electron chi connectivity index (χ2n) is 8.10. The smallest absolute Gasteiger partial charge is 0.336 e. The molecule has 33 heavy (non-hydrogen) atoms. The standard InChI is InChI=1S/C23H33N3O6S/c1-13(2)9-19(27)32-16-8-6-7-15(10-16)11-18(23(30)31-5)25-22(29)20(14(3)4)26-21(28)17(24)12-33/h6-10,14,17-18,20,33H,11-12,24H2,1-5H3,(H,25,29)(H,26,28)/t17-,18-,20-/m0/s1. The van der Waals surface area contributed by atoms with E-state index in [0.29, 0.717) is 11.3 Å². The first-order chi connectivity index (χ1) is 15.5. The summed E-state index contributed by atoms with van der Waals surface area (Å²) in [6.07, 6.45) is 1.45. The van der Waals surface area contributed by atoms with E-state index in [-0.39, 0.29) is 18.1 Å². The quantitative estimate of drug-likeness (QED) is 0.162. The van der Waals surface area contributed by atoms with Crippen LogP contribution in [-0.2, 0) is 30.3 Å². The third kappa shape index (κ3) is 9.67. The summed E-state index contributed by atoms with van der Waals surface area (Å²) in [5.41, 5.74) is 7.11. The number of allylic oxidation sites excluding steroid dienone is 1. The number of benzene rings is 1. The first kappa shape index (κ1) is 28.2. The molecule has 3 atom stereocenters. The summed E-state index contributed by atoms with van der Waals surface area (Å²) in [6, 6.07) is 3.82. The van der Waals surface area contributed by atoms with Crippen molar-refractivity contribution in [3.8, 4) is 5.75 Å². The number of methoxy groups -OCH3 is 1. The second-order valence-corrected chi connectivity index (χ2v) is 8.46. The van der Waals surface area contributed by atoms with Gasteiger partial charge in [-0.25, -0.2) is 9.59 Å². The average Bonchev–Trinajstić information content (AvgIpc) is 2.74. The molecule has 2 amide bonds. The first-order valence-electron chi connectivity index (χ1n) is 10.5. The number of hydrogen-bond acceptors (Lipinski definition) is 8. The molecule has 0 aromatic heterocycles. The highest BCUT2D eigenvalue weighted by Gasteiger charge is 2.30. The zero-order valence-corrected chi connectivity index (χ0v) is 20.5. The number of nitrogens with two attached hydrogens (primary N) is 1. The van der Waals surface area contributed by atoms with Crippen molar-refractivity contribution in [2.24, 2.45) is 11.7 Å². The van der Waals surface area contributed by atoms with Crippen LogP contribution in [0.15, 0.2) is 35.9 Å². The molecule has 0 bridgehead atoms. The SMILES string of the molecule is COC(=O)[C@H](Cc1cccc(OC(=O)C=C(C)C)c1)NC(=O)[C@@H](NC(=O)[C@@H](N)CS)C(C)C. The van der Waals surface area contributed by atoms with Crippen LogP contribution in [0, 0.1) is 5.92 Å². The number of carbonyl (C=O) groups is 4. The summed E-state index contributed by atoms with van der Waals surface area (Å²) in [5, 5.41) is 5.24. The molecule has 1 aromatic carbocycles. The molecule has 9 nitrogen and oxygen atoms in total. The predicted molar refractivity (Wildman–Crippen MR) is 128 cm³/mol. The van der Waals surface area contributed by atoms with Gasteiger partial charge in [-0.2, -0.15) is 12.6 Å². The van der Waals surface area contributed by atoms with Gasteiger partial charge in [-0.15, -0.1) is 0 Å². The lowest BCUT2D eigenvalue weighted by Crippen LogP contribution is -2.57. The van der Waals surface area contributed by atoms with Gasteiger partial charge in [0.05, 0.1) is 13.2 Å². The third-order valence-corrected chi connectivity index (χ3v) is 4.94. The molecule has 0 aliphatic carbocycles. The van der Waals surface area contributed by atoms with E-state index in [1.165, 1.54) is 13.2 Å². The van der Waals surface area contributed by atoms with Gasteiger partial charge in [-0.05, 0) is 37.5 Å². The molecular weight excluding hydrogens is 446 g/mol. The van der Waals surface area contributed by atoms with Crippen LogP contribution in [-0.4, -0.2) is 54.7 Å². The summed E-state index contributed by atoms with van der Waals surface area (Å²) in [6.45, 7) is 7.07. The lowest BCUT2D eigenvalue weighted by molar-refractivity contribution is -0.145. The summed E-state index contributed by atoms with van der Waals surface area (Å²) in [4.78, 5) is 49.3. The van der Waals surface area contributed by atoms with Gasteiger partial charge in [-0.1, -0.05) is 31.6 Å². The summed E-state index contributed by atoms with van der Waals surface area (Å²) < 4.78 is 10.1. The van der Waals surface area contributed by atoms with Gasteiger partial charge in [0.2, 0.25) is 11.8 Å². The van der Waals surface area contributed by atoms with Crippen molar-refractivity contribution in [2.45, 2.75) is 52.2 Å². The molecule has 10 heteroatoms. The zero-order chi connectivity index (χ0) is 25.1. The van der Waals surface area contributed by atoms with Crippen LogP contribution in [0.1, 0.15) is 33.3 Å². The van der Waals surface area contributed by atoms with Gasteiger partial charge in [-0.3, -0.25) is 9.59 Å². The number of thiol groups is 1. The Morgan fingerprint density at radius 3 is 2.33 bits per heavy atom. The normalized spacial score (nSPS) is 13.3. The molecule has 0 heterocycles. The van der Waals surface area contributed by atoms with E-state index in [2.05, 4.69) is 23.3 Å². The Morgan fingerprint density at radius 1 is 1.12 bits per heavy atom. The summed E-state index contributed by atoms with van der Waals surface area (Å²) in [5.74, 6) is -2.07. The van der Waals surface area contributed by atoms with Gasteiger partial charge in [0.25, 0.3) is 0 Å². The van der Waals surface area contributed by atoms with Gasteiger partial charge in [0, 0.05) is 18.2 Å². The van der Waals surface area contributed by atoms with E-state index in [9.17, 15) is 19.2 Å². The molecule has 4 N–H and O–H groups in total. The highest BCUT2D eigenvalue weighted by Crippen LogP contribution is 2.16. The lowest BCUT2D eigenvalue weighted by atomic mass is 10.0. The molecule has 0 aliphatic heterocycles. The minimum Gasteiger partial charge on any atom is -0.467 e. The number of carbonyl (C=O) groups excluding carboxylic acids is 4. The molecular formula is C23H33N3O6S. The fourth-order valence-corrected chi connectivity index (χ4v) is 2.99. The molecule has 0 aliphatic rings. The minimum atomic E-state index is -1.03. The molecule has 1 aromatic rings. The van der Waals surface area contributed by atoms with Gasteiger partial charge >= 0.3 is 11.9 Å². The highest BCUT2D eigenvalue weighted by molar-refractivity contribution is 7.80. The maximum absolute atomic E-state index is 12.9. The van der Waals surface area contributed by atoms with E-state index < -0.39 is 41.9 Å². The molecule has 0 spiro atoms. The minimum absolute atomic E-state index is 0.0847. The van der Waals surface area contributed by atoms with Crippen LogP contribution in [0.3, 0.4) is 0 Å². The summed E-state index contributed by atoms with van der Waals surface area (Å²) in [7, 11) is 1.21. The van der Waals surface area contributed by atoms with Crippen LogP contribution >= 0.6 is 12.6 Å². The molecule has 0 saturated heterocycles. The third-order valence-electron chi connectivity index (χ3n) is 4.55. The van der Waals surface area contributed by atoms with E-state index in [0.717, 1.165) is 5.57 Å². The maximum atomic E-state index is 12.9. The van der Waals surface area contributed by atoms with Crippen molar-refractivity contribution in [3.05, 3.63) is 41.5 Å². The first-order valence-corrected chi connectivity index (χ1v) is 11.1. The highest BCUT2D eigenvalue weighted by atomic mass is 32.1. The molecule has 0 saturated carbocycles. The van der Waals surface area contributed by atoms with E-state index in [1.54, 1.807) is 52.0 Å². The Labute approximate surface area is 199 Å². The Hall–Kier alpha value is -2.85. The van der Waals surface area contributed by atoms with Crippen molar-refractivity contribution in [1.29, 1.82) is 0 Å². The summed E-state index contributed by atoms with van der Waals surface area (Å²) >= 11 is 3.99. The van der Waals surface area contributed by atoms with E-state index in [4.69, 9.17) is 15.2 Å². The number of amides is 2. The van der Waals surface area contributed by atoms with Crippen molar-refractivity contribution >= 4 is 36.4 Å². The van der Waals surface area contributed by atoms with Crippen LogP contribution in [0.5, 0.6) is 5.75 Å². The number of ether oxygens (including phenoxy) is 2. The Balaban J connectivity index is 3.00. The molecule has 182 valence electrons. The van der Waals surface area contributed by atoms with E-state index in [1.807, 2.05) is 0 Å². The topological polar surface area (TPSA) is 137 Å². The van der Waals surface area contributed by atoms with Crippen LogP contribution in [0.25, 0.3) is 0 Å². The van der Waals surface area contributed by atoms with Crippen molar-refractivity contribution in [1.82, 2.24) is 10.6 Å². The number of nitrogens with one attached hydrogen (secondary N) is 2. The van der Waals surface area contributed by atoms with Crippen molar-refractivity contribution < 1.29 is 28.7 Å². The van der Waals surface area contributed by atoms with Crippen LogP contribution in [0.2, 0.25) is 0 Å². The molecule has 0 unspecified atom stereocenters. The largest absolute Gasteiger partial charge is 0.467 e. The van der Waals surface area contributed by atoms with Gasteiger partial charge in [0.15, 0.2) is 0 Å². The Morgan fingerprint density at radius 2 is 1.79 bits per heavy atom. The van der Waals surface area contributed by atoms with Gasteiger partial charge < -0.3 is 25.8 Å². The number of esters is 2. The Kier molecular flexibility index (Phi) is 11.7. The van der Waals surface area contributed by atoms with Crippen molar-refractivity contribution in [2.75, 3.05) is 12.9 Å². The van der Waals surface area contributed by atoms with Crippen LogP contribution in [0.4, 0.5) is 0 Å². The van der Waals surface area contributed by atoms with E-state index >= 15 is 0 Å². The van der Waals surface area contributed by atoms with Gasteiger partial charge in [0.1, 0.15) is 17.8 Å². The molecule has 1 rings (SSSR count). The maximum Gasteiger partial charge on any atom is 0.336 e. The number of rotatable bonds is 11. The second kappa shape index (κ2) is 13.6. The lowest BCUT2D eigenvalue weighted by Gasteiger charge is -2.25.